The number of Topliss-reactive ketones (excluding diaryl/α,β-unsaturated/α-hetero) is 1. The van der Waals surface area contributed by atoms with E-state index in [0.717, 1.165) is 23.5 Å². The number of nitrogen functional groups attached to an aromatic ring is 2. The number of nitriles is 4. The summed E-state index contributed by atoms with van der Waals surface area (Å²) in [6.07, 6.45) is 3.44. The third-order valence-corrected chi connectivity index (χ3v) is 7.59. The molecule has 160 valence electrons. The number of hydrogen-bond donors (Lipinski definition) is 2. The van der Waals surface area contributed by atoms with E-state index in [0.29, 0.717) is 9.79 Å². The number of carbonyl (C=O) groups excluding carboxylic acids is 1. The fourth-order valence-electron chi connectivity index (χ4n) is 2.49. The average Bonchev–Trinajstić information content (AvgIpc) is 2.79. The van der Waals surface area contributed by atoms with Crippen LogP contribution in [0.4, 0.5) is 11.6 Å². The van der Waals surface area contributed by atoms with Gasteiger partial charge in [-0.25, -0.2) is 9.97 Å². The monoisotopic (exact) mass is 498 g/mol. The van der Waals surface area contributed by atoms with Gasteiger partial charge in [-0.05, 0) is 12.5 Å². The van der Waals surface area contributed by atoms with Gasteiger partial charge >= 0.3 is 0 Å². The van der Waals surface area contributed by atoms with Crippen LogP contribution < -0.4 is 11.5 Å². The zero-order valence-corrected chi connectivity index (χ0v) is 20.1. The molecule has 2 rings (SSSR count). The number of rotatable bonds is 8. The van der Waals surface area contributed by atoms with Gasteiger partial charge in [-0.15, -0.1) is 23.5 Å². The molecule has 0 bridgehead atoms. The number of pyridine rings is 2. The van der Waals surface area contributed by atoms with E-state index < -0.39 is 0 Å². The van der Waals surface area contributed by atoms with Crippen LogP contribution in [0.1, 0.15) is 22.3 Å². The molecule has 0 unspecified atom stereocenters. The zero-order chi connectivity index (χ0) is 23.8. The quantitative estimate of drug-likeness (QED) is 0.505. The highest BCUT2D eigenvalue weighted by Gasteiger charge is 2.21. The minimum atomic E-state index is -0.196. The molecule has 0 aliphatic rings. The fraction of sp³-hybridized carbons (Fsp3) is 0.211. The minimum absolute atomic E-state index is 0.000638. The number of nitrogens with two attached hydrogens (primary N) is 2. The van der Waals surface area contributed by atoms with E-state index in [-0.39, 0.29) is 61.2 Å². The summed E-state index contributed by atoms with van der Waals surface area (Å²) in [5.41, 5.74) is 12.3. The molecule has 0 fully saturated rings. The van der Waals surface area contributed by atoms with E-state index in [1.165, 1.54) is 23.5 Å². The molecule has 32 heavy (non-hydrogen) atoms. The van der Waals surface area contributed by atoms with Crippen LogP contribution in [0, 0.1) is 45.3 Å². The van der Waals surface area contributed by atoms with Gasteiger partial charge in [-0.2, -0.15) is 21.0 Å². The first-order valence-electron chi connectivity index (χ1n) is 8.49. The molecule has 2 heterocycles. The highest BCUT2D eigenvalue weighted by molar-refractivity contribution is 8.01. The molecule has 0 spiro atoms. The number of hydrogen-bond acceptors (Lipinski definition) is 13. The summed E-state index contributed by atoms with van der Waals surface area (Å²) in [4.78, 5) is 21.5. The van der Waals surface area contributed by atoms with Crippen molar-refractivity contribution < 1.29 is 4.79 Å². The lowest BCUT2D eigenvalue weighted by Crippen LogP contribution is -2.09. The summed E-state index contributed by atoms with van der Waals surface area (Å²) in [7, 11) is 0. The van der Waals surface area contributed by atoms with E-state index in [2.05, 4.69) is 9.97 Å². The molecular weight excluding hydrogens is 485 g/mol. The van der Waals surface area contributed by atoms with Gasteiger partial charge in [-0.3, -0.25) is 4.79 Å². The Morgan fingerprint density at radius 2 is 1.09 bits per heavy atom. The van der Waals surface area contributed by atoms with Crippen LogP contribution in [-0.2, 0) is 4.79 Å². The maximum atomic E-state index is 12.5. The Kier molecular flexibility index (Phi) is 9.07. The van der Waals surface area contributed by atoms with Crippen molar-refractivity contribution in [2.75, 3.05) is 35.5 Å². The number of thioether (sulfide) groups is 4. The molecule has 0 radical (unpaired) electrons. The Balaban J connectivity index is 2.20. The molecule has 2 aromatic rings. The van der Waals surface area contributed by atoms with Gasteiger partial charge in [0.05, 0.1) is 22.6 Å². The van der Waals surface area contributed by atoms with Gasteiger partial charge in [0.15, 0.2) is 5.78 Å². The Bertz CT molecular complexity index is 1160. The van der Waals surface area contributed by atoms with Gasteiger partial charge in [-0.1, -0.05) is 23.5 Å². The van der Waals surface area contributed by atoms with E-state index in [1.54, 1.807) is 12.5 Å². The summed E-state index contributed by atoms with van der Waals surface area (Å²) in [5, 5.41) is 38.1. The zero-order valence-electron chi connectivity index (χ0n) is 16.8. The van der Waals surface area contributed by atoms with Gasteiger partial charge < -0.3 is 11.5 Å². The number of aromatic nitrogens is 2. The molecule has 0 aliphatic heterocycles. The molecule has 0 saturated heterocycles. The first-order valence-corrected chi connectivity index (χ1v) is 12.9. The lowest BCUT2D eigenvalue weighted by atomic mass is 10.2. The van der Waals surface area contributed by atoms with Crippen molar-refractivity contribution in [3.63, 3.8) is 0 Å². The summed E-state index contributed by atoms with van der Waals surface area (Å²) in [6, 6.07) is 7.95. The second-order valence-corrected chi connectivity index (χ2v) is 9.30. The molecule has 0 saturated carbocycles. The van der Waals surface area contributed by atoms with Crippen LogP contribution in [-0.4, -0.2) is 39.8 Å². The Hall–Kier alpha value is -3.07. The Morgan fingerprint density at radius 3 is 1.38 bits per heavy atom. The van der Waals surface area contributed by atoms with Crippen molar-refractivity contribution in [3.8, 4) is 24.3 Å². The van der Waals surface area contributed by atoms with Gasteiger partial charge in [0.2, 0.25) is 0 Å². The van der Waals surface area contributed by atoms with Crippen LogP contribution in [0.25, 0.3) is 0 Å². The number of ketones is 1. The predicted octanol–water partition coefficient (Wildman–Crippen LogP) is 3.03. The van der Waals surface area contributed by atoms with Crippen molar-refractivity contribution in [1.82, 2.24) is 9.97 Å². The Morgan fingerprint density at radius 1 is 0.750 bits per heavy atom. The van der Waals surface area contributed by atoms with E-state index in [4.69, 9.17) is 11.5 Å². The molecule has 2 aromatic heterocycles. The largest absolute Gasteiger partial charge is 0.383 e. The molecule has 0 aromatic carbocycles. The molecule has 4 N–H and O–H groups in total. The van der Waals surface area contributed by atoms with Crippen LogP contribution in [0.3, 0.4) is 0 Å². The first kappa shape index (κ1) is 25.2. The second kappa shape index (κ2) is 11.5. The van der Waals surface area contributed by atoms with Crippen molar-refractivity contribution in [2.45, 2.75) is 19.8 Å². The molecular formula is C19H14N8OS4. The first-order chi connectivity index (χ1) is 15.4. The highest BCUT2D eigenvalue weighted by atomic mass is 32.2. The lowest BCUT2D eigenvalue weighted by Gasteiger charge is -2.11. The fourth-order valence-corrected chi connectivity index (χ4v) is 5.86. The lowest BCUT2D eigenvalue weighted by molar-refractivity contribution is -0.114. The van der Waals surface area contributed by atoms with Crippen LogP contribution >= 0.6 is 47.0 Å². The maximum absolute atomic E-state index is 12.5. The Labute approximate surface area is 201 Å². The van der Waals surface area contributed by atoms with Crippen LogP contribution in [0.2, 0.25) is 0 Å². The van der Waals surface area contributed by atoms with Gasteiger partial charge in [0.1, 0.15) is 57.1 Å². The molecule has 0 atom stereocenters. The minimum Gasteiger partial charge on any atom is -0.383 e. The number of carbonyl (C=O) groups is 1. The standard InChI is InChI=1S/C19H14N8OS4/c1-29-14-10(3-20)16(24)26-18(12(14)5-22)31-7-9(28)8-32-19-13(6-23)15(30-2)11(4-21)17(25)27-19/h7-8H2,1-2H3,(H2,24,26)(H2,25,27). The third kappa shape index (κ3) is 5.21. The molecule has 0 amide bonds. The highest BCUT2D eigenvalue weighted by Crippen LogP contribution is 2.35. The van der Waals surface area contributed by atoms with E-state index in [9.17, 15) is 25.8 Å². The molecule has 0 aliphatic carbocycles. The summed E-state index contributed by atoms with van der Waals surface area (Å²) in [5.74, 6) is -0.201. The maximum Gasteiger partial charge on any atom is 0.153 e. The SMILES string of the molecule is CSc1c(C#N)c(N)nc(SCC(=O)CSc2nc(N)c(C#N)c(SC)c2C#N)c1C#N. The second-order valence-electron chi connectivity index (χ2n) is 5.73. The van der Waals surface area contributed by atoms with Crippen LogP contribution in [0.5, 0.6) is 0 Å². The molecule has 13 heteroatoms. The number of anilines is 2. The molecule has 9 nitrogen and oxygen atoms in total. The number of nitrogens with zero attached hydrogens (tertiary/aromatic N) is 6. The van der Waals surface area contributed by atoms with E-state index in [1.807, 2.05) is 24.3 Å². The summed E-state index contributed by atoms with van der Waals surface area (Å²) >= 11 is 4.52. The smallest absolute Gasteiger partial charge is 0.153 e. The third-order valence-electron chi connectivity index (χ3n) is 3.89. The predicted molar refractivity (Wildman–Crippen MR) is 126 cm³/mol. The van der Waals surface area contributed by atoms with Gasteiger partial charge in [0.25, 0.3) is 0 Å². The van der Waals surface area contributed by atoms with E-state index >= 15 is 0 Å². The average molecular weight is 499 g/mol. The summed E-state index contributed by atoms with van der Waals surface area (Å²) < 4.78 is 0. The van der Waals surface area contributed by atoms with Gasteiger partial charge in [0, 0.05) is 9.79 Å². The van der Waals surface area contributed by atoms with Crippen molar-refractivity contribution in [1.29, 1.82) is 21.0 Å². The normalized spacial score (nSPS) is 9.94. The van der Waals surface area contributed by atoms with Crippen molar-refractivity contribution in [2.24, 2.45) is 0 Å². The van der Waals surface area contributed by atoms with Crippen molar-refractivity contribution >= 4 is 64.5 Å². The van der Waals surface area contributed by atoms with Crippen LogP contribution in [0.15, 0.2) is 19.8 Å². The topological polar surface area (TPSA) is 190 Å². The summed E-state index contributed by atoms with van der Waals surface area (Å²) in [6.45, 7) is 0. The van der Waals surface area contributed by atoms with Crippen molar-refractivity contribution in [3.05, 3.63) is 22.3 Å².